The summed E-state index contributed by atoms with van der Waals surface area (Å²) < 4.78 is 0. The molecular weight excluding hydrogens is 180 g/mol. The second-order valence-corrected chi connectivity index (χ2v) is 6.19. The van der Waals surface area contributed by atoms with E-state index in [0.29, 0.717) is 0 Å². The highest BCUT2D eigenvalue weighted by molar-refractivity contribution is 8.02. The minimum Gasteiger partial charge on any atom is -0.387 e. The fourth-order valence-electron chi connectivity index (χ4n) is 2.34. The summed E-state index contributed by atoms with van der Waals surface area (Å²) in [5.41, 5.74) is 0.234. The Morgan fingerprint density at radius 2 is 1.92 bits per heavy atom. The van der Waals surface area contributed by atoms with Crippen molar-refractivity contribution < 1.29 is 5.11 Å². The summed E-state index contributed by atoms with van der Waals surface area (Å²) in [5.74, 6) is 0. The number of hydrogen-bond donors (Lipinski definition) is 1. The van der Waals surface area contributed by atoms with E-state index in [1.54, 1.807) is 11.8 Å². The van der Waals surface area contributed by atoms with Gasteiger partial charge in [-0.05, 0) is 23.5 Å². The van der Waals surface area contributed by atoms with E-state index in [4.69, 9.17) is 0 Å². The van der Waals surface area contributed by atoms with E-state index in [0.717, 1.165) is 11.3 Å². The lowest BCUT2D eigenvalue weighted by atomic mass is 9.68. The first-order chi connectivity index (χ1) is 5.78. The Kier molecular flexibility index (Phi) is 2.84. The van der Waals surface area contributed by atoms with Crippen LogP contribution in [0.3, 0.4) is 0 Å². The zero-order chi connectivity index (χ0) is 10.3. The predicted octanol–water partition coefficient (Wildman–Crippen LogP) is 3.05. The third-order valence-electron chi connectivity index (χ3n) is 2.69. The van der Waals surface area contributed by atoms with E-state index in [2.05, 4.69) is 33.8 Å². The predicted molar refractivity (Wildman–Crippen MR) is 59.8 cm³/mol. The Morgan fingerprint density at radius 1 is 1.38 bits per heavy atom. The number of aliphatic hydroxyl groups excluding tert-OH is 1. The summed E-state index contributed by atoms with van der Waals surface area (Å²) in [6.07, 6.45) is 5.02. The Labute approximate surface area is 85.6 Å². The van der Waals surface area contributed by atoms with Gasteiger partial charge >= 0.3 is 0 Å². The highest BCUT2D eigenvalue weighted by Crippen LogP contribution is 2.46. The van der Waals surface area contributed by atoms with Crippen molar-refractivity contribution in [3.63, 3.8) is 0 Å². The minimum absolute atomic E-state index is 0.0105. The van der Waals surface area contributed by atoms with Crippen LogP contribution in [0.1, 0.15) is 34.1 Å². The molecule has 1 unspecified atom stereocenters. The third kappa shape index (κ3) is 2.29. The molecule has 0 radical (unpaired) electrons. The monoisotopic (exact) mass is 200 g/mol. The number of hydrogen-bond acceptors (Lipinski definition) is 2. The molecule has 0 aromatic carbocycles. The molecule has 0 aromatic heterocycles. The molecule has 0 fully saturated rings. The van der Waals surface area contributed by atoms with Gasteiger partial charge in [0, 0.05) is 4.91 Å². The number of rotatable bonds is 1. The lowest BCUT2D eigenvalue weighted by Crippen LogP contribution is -2.38. The Bertz CT molecular complexity index is 228. The number of allylic oxidation sites excluding steroid dienone is 1. The van der Waals surface area contributed by atoms with Crippen molar-refractivity contribution in [3.8, 4) is 0 Å². The van der Waals surface area contributed by atoms with Gasteiger partial charge in [-0.2, -0.15) is 0 Å². The molecule has 0 aromatic rings. The van der Waals surface area contributed by atoms with Crippen molar-refractivity contribution in [2.45, 2.75) is 40.2 Å². The van der Waals surface area contributed by atoms with Gasteiger partial charge in [-0.25, -0.2) is 0 Å². The summed E-state index contributed by atoms with van der Waals surface area (Å²) in [5, 5.41) is 10.0. The van der Waals surface area contributed by atoms with Crippen LogP contribution in [0.4, 0.5) is 0 Å². The van der Waals surface area contributed by atoms with Crippen LogP contribution in [-0.2, 0) is 0 Å². The Hall–Kier alpha value is 0.0500. The molecule has 0 saturated heterocycles. The molecule has 0 aliphatic heterocycles. The van der Waals surface area contributed by atoms with E-state index in [-0.39, 0.29) is 16.9 Å². The van der Waals surface area contributed by atoms with Crippen molar-refractivity contribution in [3.05, 3.63) is 11.0 Å². The maximum absolute atomic E-state index is 10.0. The SMILES string of the molecule is CSC1=CC(C)(C)CC(C)(C)C1O. The van der Waals surface area contributed by atoms with Crippen molar-refractivity contribution >= 4 is 11.8 Å². The first kappa shape index (κ1) is 11.1. The summed E-state index contributed by atoms with van der Waals surface area (Å²) in [4.78, 5) is 1.13. The van der Waals surface area contributed by atoms with Gasteiger partial charge in [-0.3, -0.25) is 0 Å². The zero-order valence-electron chi connectivity index (χ0n) is 9.22. The van der Waals surface area contributed by atoms with Crippen LogP contribution in [0.15, 0.2) is 11.0 Å². The highest BCUT2D eigenvalue weighted by atomic mass is 32.2. The fraction of sp³-hybridized carbons (Fsp3) is 0.818. The smallest absolute Gasteiger partial charge is 0.0896 e. The third-order valence-corrected chi connectivity index (χ3v) is 3.50. The minimum atomic E-state index is -0.282. The lowest BCUT2D eigenvalue weighted by molar-refractivity contribution is 0.0453. The van der Waals surface area contributed by atoms with Gasteiger partial charge in [-0.15, -0.1) is 11.8 Å². The highest BCUT2D eigenvalue weighted by Gasteiger charge is 2.39. The molecule has 1 atom stereocenters. The fourth-order valence-corrected chi connectivity index (χ4v) is 3.32. The summed E-state index contributed by atoms with van der Waals surface area (Å²) in [6.45, 7) is 8.75. The van der Waals surface area contributed by atoms with Gasteiger partial charge < -0.3 is 5.11 Å². The number of aliphatic hydroxyl groups is 1. The Morgan fingerprint density at radius 3 is 2.38 bits per heavy atom. The average Bonchev–Trinajstić information content (AvgIpc) is 1.95. The van der Waals surface area contributed by atoms with Gasteiger partial charge in [0.25, 0.3) is 0 Å². The van der Waals surface area contributed by atoms with Gasteiger partial charge in [-0.1, -0.05) is 33.8 Å². The molecule has 0 saturated carbocycles. The number of thioether (sulfide) groups is 1. The van der Waals surface area contributed by atoms with Crippen molar-refractivity contribution in [1.29, 1.82) is 0 Å². The standard InChI is InChI=1S/C11H20OS/c1-10(2)6-8(13-5)9(12)11(3,4)7-10/h6,9,12H,7H2,1-5H3. The molecule has 13 heavy (non-hydrogen) atoms. The molecule has 0 heterocycles. The molecule has 76 valence electrons. The van der Waals surface area contributed by atoms with E-state index in [1.165, 1.54) is 0 Å². The van der Waals surface area contributed by atoms with Crippen LogP contribution in [-0.4, -0.2) is 17.5 Å². The summed E-state index contributed by atoms with van der Waals surface area (Å²) in [6, 6.07) is 0. The molecule has 1 rings (SSSR count). The van der Waals surface area contributed by atoms with Gasteiger partial charge in [0.05, 0.1) is 6.10 Å². The van der Waals surface area contributed by atoms with Crippen LogP contribution in [0.5, 0.6) is 0 Å². The van der Waals surface area contributed by atoms with Gasteiger partial charge in [0.15, 0.2) is 0 Å². The average molecular weight is 200 g/mol. The van der Waals surface area contributed by atoms with E-state index < -0.39 is 0 Å². The molecular formula is C11H20OS. The topological polar surface area (TPSA) is 20.2 Å². The van der Waals surface area contributed by atoms with Crippen LogP contribution < -0.4 is 0 Å². The molecule has 0 spiro atoms. The molecule has 0 amide bonds. The maximum atomic E-state index is 10.0. The second kappa shape index (κ2) is 3.32. The van der Waals surface area contributed by atoms with E-state index >= 15 is 0 Å². The molecule has 2 heteroatoms. The van der Waals surface area contributed by atoms with E-state index in [9.17, 15) is 5.11 Å². The molecule has 1 aliphatic carbocycles. The zero-order valence-corrected chi connectivity index (χ0v) is 10.0. The van der Waals surface area contributed by atoms with Crippen LogP contribution in [0.25, 0.3) is 0 Å². The van der Waals surface area contributed by atoms with Crippen LogP contribution in [0.2, 0.25) is 0 Å². The summed E-state index contributed by atoms with van der Waals surface area (Å²) >= 11 is 1.67. The molecule has 1 aliphatic rings. The second-order valence-electron chi connectivity index (χ2n) is 5.31. The van der Waals surface area contributed by atoms with Crippen LogP contribution in [0, 0.1) is 10.8 Å². The maximum Gasteiger partial charge on any atom is 0.0896 e. The Balaban J connectivity index is 3.02. The van der Waals surface area contributed by atoms with Crippen molar-refractivity contribution in [2.24, 2.45) is 10.8 Å². The normalized spacial score (nSPS) is 31.2. The summed E-state index contributed by atoms with van der Waals surface area (Å²) in [7, 11) is 0. The van der Waals surface area contributed by atoms with E-state index in [1.807, 2.05) is 6.26 Å². The van der Waals surface area contributed by atoms with Crippen molar-refractivity contribution in [1.82, 2.24) is 0 Å². The first-order valence-electron chi connectivity index (χ1n) is 4.73. The van der Waals surface area contributed by atoms with Crippen LogP contribution >= 0.6 is 11.8 Å². The largest absolute Gasteiger partial charge is 0.387 e. The molecule has 0 bridgehead atoms. The first-order valence-corrected chi connectivity index (χ1v) is 5.96. The molecule has 1 N–H and O–H groups in total. The van der Waals surface area contributed by atoms with Gasteiger partial charge in [0.2, 0.25) is 0 Å². The quantitative estimate of drug-likeness (QED) is 0.702. The van der Waals surface area contributed by atoms with Crippen molar-refractivity contribution in [2.75, 3.05) is 6.26 Å². The molecule has 1 nitrogen and oxygen atoms in total. The van der Waals surface area contributed by atoms with Gasteiger partial charge in [0.1, 0.15) is 0 Å². The lowest BCUT2D eigenvalue weighted by Gasteiger charge is -2.42.